The van der Waals surface area contributed by atoms with Gasteiger partial charge in [-0.25, -0.2) is 4.98 Å². The van der Waals surface area contributed by atoms with E-state index >= 15 is 0 Å². The molecule has 0 radical (unpaired) electrons. The van der Waals surface area contributed by atoms with Gasteiger partial charge in [-0.15, -0.1) is 6.42 Å². The number of hydrogen-bond acceptors (Lipinski definition) is 3. The van der Waals surface area contributed by atoms with Crippen molar-refractivity contribution in [2.45, 2.75) is 19.5 Å². The molecule has 19 heavy (non-hydrogen) atoms. The SMILES string of the molecule is C#CCN(CCC)c1nc(C(F)(F)F)ccc1C#N. The molecule has 6 heteroatoms. The lowest BCUT2D eigenvalue weighted by molar-refractivity contribution is -0.141. The zero-order valence-corrected chi connectivity index (χ0v) is 10.3. The summed E-state index contributed by atoms with van der Waals surface area (Å²) in [5.74, 6) is 2.34. The number of rotatable bonds is 4. The van der Waals surface area contributed by atoms with Crippen molar-refractivity contribution in [2.75, 3.05) is 18.0 Å². The van der Waals surface area contributed by atoms with Crippen molar-refractivity contribution in [1.82, 2.24) is 4.98 Å². The molecule has 0 aliphatic rings. The van der Waals surface area contributed by atoms with E-state index in [1.807, 2.05) is 13.0 Å². The van der Waals surface area contributed by atoms with E-state index in [2.05, 4.69) is 10.9 Å². The summed E-state index contributed by atoms with van der Waals surface area (Å²) in [7, 11) is 0. The van der Waals surface area contributed by atoms with Crippen LogP contribution < -0.4 is 4.90 Å². The fourth-order valence-electron chi connectivity index (χ4n) is 1.57. The lowest BCUT2D eigenvalue weighted by atomic mass is 10.2. The molecule has 100 valence electrons. The Morgan fingerprint density at radius 2 is 2.11 bits per heavy atom. The number of pyridine rings is 1. The van der Waals surface area contributed by atoms with Crippen LogP contribution >= 0.6 is 0 Å². The van der Waals surface area contributed by atoms with Crippen molar-refractivity contribution in [3.63, 3.8) is 0 Å². The Kier molecular flexibility index (Phi) is 4.77. The molecule has 0 atom stereocenters. The second-order valence-corrected chi connectivity index (χ2v) is 3.80. The van der Waals surface area contributed by atoms with Gasteiger partial charge in [0.2, 0.25) is 0 Å². The van der Waals surface area contributed by atoms with Crippen molar-refractivity contribution in [3.05, 3.63) is 23.4 Å². The normalized spacial score (nSPS) is 10.6. The number of anilines is 1. The maximum atomic E-state index is 12.6. The largest absolute Gasteiger partial charge is 0.433 e. The molecular formula is C13H12F3N3. The van der Waals surface area contributed by atoms with Gasteiger partial charge in [0.05, 0.1) is 12.1 Å². The summed E-state index contributed by atoms with van der Waals surface area (Å²) in [5.41, 5.74) is -0.948. The first-order chi connectivity index (χ1) is 8.93. The summed E-state index contributed by atoms with van der Waals surface area (Å²) < 4.78 is 37.9. The zero-order chi connectivity index (χ0) is 14.5. The highest BCUT2D eigenvalue weighted by Crippen LogP contribution is 2.30. The van der Waals surface area contributed by atoms with Gasteiger partial charge in [0.1, 0.15) is 17.6 Å². The number of nitriles is 1. The van der Waals surface area contributed by atoms with E-state index in [4.69, 9.17) is 11.7 Å². The minimum Gasteiger partial charge on any atom is -0.344 e. The third-order valence-electron chi connectivity index (χ3n) is 2.36. The number of halogens is 3. The third-order valence-corrected chi connectivity index (χ3v) is 2.36. The molecule has 0 spiro atoms. The van der Waals surface area contributed by atoms with Crippen LogP contribution in [0.25, 0.3) is 0 Å². The van der Waals surface area contributed by atoms with Gasteiger partial charge in [-0.1, -0.05) is 12.8 Å². The second-order valence-electron chi connectivity index (χ2n) is 3.80. The molecule has 0 unspecified atom stereocenters. The fourth-order valence-corrected chi connectivity index (χ4v) is 1.57. The van der Waals surface area contributed by atoms with Crippen molar-refractivity contribution >= 4 is 5.82 Å². The molecule has 1 rings (SSSR count). The van der Waals surface area contributed by atoms with Crippen LogP contribution in [0.2, 0.25) is 0 Å². The van der Waals surface area contributed by atoms with Crippen LogP contribution in [-0.4, -0.2) is 18.1 Å². The first-order valence-corrected chi connectivity index (χ1v) is 5.60. The average Bonchev–Trinajstić information content (AvgIpc) is 2.36. The molecule has 0 saturated heterocycles. The first kappa shape index (κ1) is 14.8. The molecule has 1 aromatic rings. The Morgan fingerprint density at radius 1 is 1.42 bits per heavy atom. The smallest absolute Gasteiger partial charge is 0.344 e. The highest BCUT2D eigenvalue weighted by atomic mass is 19.4. The van der Waals surface area contributed by atoms with Crippen LogP contribution in [0.4, 0.5) is 19.0 Å². The predicted octanol–water partition coefficient (Wildman–Crippen LogP) is 2.82. The monoisotopic (exact) mass is 267 g/mol. The van der Waals surface area contributed by atoms with Crippen LogP contribution in [0.1, 0.15) is 24.6 Å². The van der Waals surface area contributed by atoms with Crippen molar-refractivity contribution in [1.29, 1.82) is 5.26 Å². The van der Waals surface area contributed by atoms with Crippen molar-refractivity contribution < 1.29 is 13.2 Å². The van der Waals surface area contributed by atoms with Crippen LogP contribution in [0.15, 0.2) is 12.1 Å². The number of nitrogens with zero attached hydrogens (tertiary/aromatic N) is 3. The summed E-state index contributed by atoms with van der Waals surface area (Å²) in [6.45, 7) is 2.41. The quantitative estimate of drug-likeness (QED) is 0.787. The Labute approximate surface area is 109 Å². The standard InChI is InChI=1S/C13H12F3N3/c1-3-7-19(8-4-2)12-10(9-17)5-6-11(18-12)13(14,15)16/h1,5-6H,4,7-8H2,2H3. The Hall–Kier alpha value is -2.21. The van der Waals surface area contributed by atoms with E-state index in [0.717, 1.165) is 12.1 Å². The Morgan fingerprint density at radius 3 is 2.58 bits per heavy atom. The van der Waals surface area contributed by atoms with E-state index < -0.39 is 11.9 Å². The third kappa shape index (κ3) is 3.62. The van der Waals surface area contributed by atoms with E-state index in [9.17, 15) is 13.2 Å². The Bertz CT molecular complexity index is 523. The maximum absolute atomic E-state index is 12.6. The Balaban J connectivity index is 3.29. The van der Waals surface area contributed by atoms with Gasteiger partial charge >= 0.3 is 6.18 Å². The van der Waals surface area contributed by atoms with Gasteiger partial charge in [-0.3, -0.25) is 0 Å². The molecule has 0 saturated carbocycles. The van der Waals surface area contributed by atoms with E-state index in [-0.39, 0.29) is 17.9 Å². The summed E-state index contributed by atoms with van der Waals surface area (Å²) in [6.07, 6.45) is 1.33. The van der Waals surface area contributed by atoms with Gasteiger partial charge in [0.15, 0.2) is 0 Å². The second kappa shape index (κ2) is 6.10. The van der Waals surface area contributed by atoms with Gasteiger partial charge in [0, 0.05) is 6.54 Å². The highest BCUT2D eigenvalue weighted by molar-refractivity contribution is 5.55. The fraction of sp³-hybridized carbons (Fsp3) is 0.385. The average molecular weight is 267 g/mol. The molecule has 1 aromatic heterocycles. The molecule has 0 aliphatic heterocycles. The van der Waals surface area contributed by atoms with Gasteiger partial charge in [0.25, 0.3) is 0 Å². The van der Waals surface area contributed by atoms with Crippen LogP contribution in [0.3, 0.4) is 0 Å². The van der Waals surface area contributed by atoms with Crippen LogP contribution in [-0.2, 0) is 6.18 Å². The number of terminal acetylenes is 1. The topological polar surface area (TPSA) is 39.9 Å². The first-order valence-electron chi connectivity index (χ1n) is 5.60. The van der Waals surface area contributed by atoms with Crippen LogP contribution in [0, 0.1) is 23.7 Å². The molecule has 0 bridgehead atoms. The molecular weight excluding hydrogens is 255 g/mol. The minimum absolute atomic E-state index is 0.0166. The van der Waals surface area contributed by atoms with Gasteiger partial charge in [-0.2, -0.15) is 18.4 Å². The summed E-state index contributed by atoms with van der Waals surface area (Å²) in [5, 5.41) is 8.95. The maximum Gasteiger partial charge on any atom is 0.433 e. The number of alkyl halides is 3. The molecule has 3 nitrogen and oxygen atoms in total. The summed E-state index contributed by atoms with van der Waals surface area (Å²) in [4.78, 5) is 5.03. The van der Waals surface area contributed by atoms with Crippen LogP contribution in [0.5, 0.6) is 0 Å². The zero-order valence-electron chi connectivity index (χ0n) is 10.3. The molecule has 0 fully saturated rings. The lowest BCUT2D eigenvalue weighted by Crippen LogP contribution is -2.27. The number of hydrogen-bond donors (Lipinski definition) is 0. The molecule has 0 aromatic carbocycles. The molecule has 0 amide bonds. The molecule has 0 N–H and O–H groups in total. The molecule has 0 aliphatic carbocycles. The van der Waals surface area contributed by atoms with Gasteiger partial charge in [-0.05, 0) is 18.6 Å². The summed E-state index contributed by atoms with van der Waals surface area (Å²) in [6, 6.07) is 3.74. The van der Waals surface area contributed by atoms with E-state index in [1.54, 1.807) is 0 Å². The lowest BCUT2D eigenvalue weighted by Gasteiger charge is -2.22. The van der Waals surface area contributed by atoms with Gasteiger partial charge < -0.3 is 4.90 Å². The predicted molar refractivity (Wildman–Crippen MR) is 65.3 cm³/mol. The van der Waals surface area contributed by atoms with Crippen molar-refractivity contribution in [2.24, 2.45) is 0 Å². The van der Waals surface area contributed by atoms with E-state index in [0.29, 0.717) is 13.0 Å². The highest BCUT2D eigenvalue weighted by Gasteiger charge is 2.33. The summed E-state index contributed by atoms with van der Waals surface area (Å²) >= 11 is 0. The van der Waals surface area contributed by atoms with E-state index in [1.165, 1.54) is 4.90 Å². The molecule has 1 heterocycles. The van der Waals surface area contributed by atoms with Crippen molar-refractivity contribution in [3.8, 4) is 18.4 Å². The number of aromatic nitrogens is 1. The minimum atomic E-state index is -4.54.